The Balaban J connectivity index is 1.64. The summed E-state index contributed by atoms with van der Waals surface area (Å²) in [6.45, 7) is 3.26. The van der Waals surface area contributed by atoms with Crippen molar-refractivity contribution in [2.24, 2.45) is 0 Å². The van der Waals surface area contributed by atoms with Crippen molar-refractivity contribution in [1.29, 1.82) is 0 Å². The number of esters is 1. The lowest BCUT2D eigenvalue weighted by Crippen LogP contribution is -2.37. The minimum absolute atomic E-state index is 0.215. The molecule has 0 aliphatic carbocycles. The predicted molar refractivity (Wildman–Crippen MR) is 111 cm³/mol. The Labute approximate surface area is 174 Å². The lowest BCUT2D eigenvalue weighted by molar-refractivity contribution is -0.129. The molecule has 1 amide bonds. The Morgan fingerprint density at radius 1 is 0.867 bits per heavy atom. The van der Waals surface area contributed by atoms with Crippen molar-refractivity contribution < 1.29 is 23.5 Å². The van der Waals surface area contributed by atoms with E-state index in [1.165, 1.54) is 19.1 Å². The molecule has 0 heterocycles. The molecule has 1 N–H and O–H groups in total. The molecule has 0 radical (unpaired) electrons. The number of carbonyl (C=O) groups is 2. The molecular weight excluding hydrogens is 385 g/mol. The van der Waals surface area contributed by atoms with Gasteiger partial charge in [0.25, 0.3) is 5.91 Å². The lowest BCUT2D eigenvalue weighted by Gasteiger charge is -2.19. The number of para-hydroxylation sites is 2. The number of hydrogen-bond donors (Lipinski definition) is 1. The molecule has 5 nitrogen and oxygen atoms in total. The molecule has 2 atom stereocenters. The van der Waals surface area contributed by atoms with Gasteiger partial charge in [-0.2, -0.15) is 0 Å². The first-order valence-corrected chi connectivity index (χ1v) is 9.53. The summed E-state index contributed by atoms with van der Waals surface area (Å²) in [7, 11) is 0. The van der Waals surface area contributed by atoms with Crippen LogP contribution in [0.3, 0.4) is 0 Å². The maximum absolute atomic E-state index is 13.1. The van der Waals surface area contributed by atoms with Gasteiger partial charge in [-0.25, -0.2) is 9.18 Å². The van der Waals surface area contributed by atoms with Crippen LogP contribution < -0.4 is 10.1 Å². The number of carbonyl (C=O) groups excluding carboxylic acids is 2. The van der Waals surface area contributed by atoms with Crippen LogP contribution >= 0.6 is 0 Å². The van der Waals surface area contributed by atoms with E-state index in [0.29, 0.717) is 11.5 Å². The summed E-state index contributed by atoms with van der Waals surface area (Å²) in [5.41, 5.74) is 0.956. The van der Waals surface area contributed by atoms with Crippen LogP contribution in [0.5, 0.6) is 11.5 Å². The second-order valence-corrected chi connectivity index (χ2v) is 6.74. The monoisotopic (exact) mass is 407 g/mol. The minimum atomic E-state index is -1.02. The van der Waals surface area contributed by atoms with Crippen molar-refractivity contribution in [3.63, 3.8) is 0 Å². The molecule has 6 heteroatoms. The highest BCUT2D eigenvalue weighted by Gasteiger charge is 2.23. The number of ether oxygens (including phenoxy) is 2. The minimum Gasteiger partial charge on any atom is -0.456 e. The van der Waals surface area contributed by atoms with Gasteiger partial charge >= 0.3 is 5.97 Å². The molecule has 3 aromatic carbocycles. The summed E-state index contributed by atoms with van der Waals surface area (Å²) in [5.74, 6) is -0.561. The van der Waals surface area contributed by atoms with E-state index in [0.717, 1.165) is 5.56 Å². The van der Waals surface area contributed by atoms with Crippen LogP contribution in [0, 0.1) is 5.82 Å². The van der Waals surface area contributed by atoms with Gasteiger partial charge in [0.2, 0.25) is 0 Å². The summed E-state index contributed by atoms with van der Waals surface area (Å²) >= 11 is 0. The molecule has 154 valence electrons. The summed E-state index contributed by atoms with van der Waals surface area (Å²) in [5, 5.41) is 2.76. The molecule has 0 aliphatic heterocycles. The second-order valence-electron chi connectivity index (χ2n) is 6.74. The molecule has 0 spiro atoms. The van der Waals surface area contributed by atoms with Gasteiger partial charge in [-0.15, -0.1) is 0 Å². The van der Waals surface area contributed by atoms with Crippen LogP contribution in [0.2, 0.25) is 0 Å². The van der Waals surface area contributed by atoms with Gasteiger partial charge in [-0.3, -0.25) is 4.79 Å². The van der Waals surface area contributed by atoms with Crippen molar-refractivity contribution in [3.8, 4) is 11.5 Å². The second kappa shape index (κ2) is 9.69. The standard InChI is InChI=1S/C24H22FNO4/c1-16(18-12-14-19(25)15-13-18)26-23(27)17(2)29-24(28)21-10-6-7-11-22(21)30-20-8-4-3-5-9-20/h3-17H,1-2H3,(H,26,27)/t16-,17+/m0/s1. The third-order valence-electron chi connectivity index (χ3n) is 4.46. The molecule has 0 saturated heterocycles. The van der Waals surface area contributed by atoms with E-state index in [2.05, 4.69) is 5.32 Å². The maximum Gasteiger partial charge on any atom is 0.342 e. The van der Waals surface area contributed by atoms with Crippen LogP contribution in [-0.2, 0) is 9.53 Å². The van der Waals surface area contributed by atoms with Crippen molar-refractivity contribution >= 4 is 11.9 Å². The molecule has 3 rings (SSSR count). The molecule has 0 fully saturated rings. The molecule has 0 bridgehead atoms. The summed E-state index contributed by atoms with van der Waals surface area (Å²) in [4.78, 5) is 25.1. The van der Waals surface area contributed by atoms with E-state index in [4.69, 9.17) is 9.47 Å². The van der Waals surface area contributed by atoms with Crippen molar-refractivity contribution in [1.82, 2.24) is 5.32 Å². The first-order valence-electron chi connectivity index (χ1n) is 9.53. The quantitative estimate of drug-likeness (QED) is 0.557. The third-order valence-corrected chi connectivity index (χ3v) is 4.46. The number of amides is 1. The smallest absolute Gasteiger partial charge is 0.342 e. The SMILES string of the molecule is C[C@H](NC(=O)[C@@H](C)OC(=O)c1ccccc1Oc1ccccc1)c1ccc(F)cc1. The fourth-order valence-electron chi connectivity index (χ4n) is 2.78. The van der Waals surface area contributed by atoms with Gasteiger partial charge in [0.1, 0.15) is 22.9 Å². The van der Waals surface area contributed by atoms with Crippen molar-refractivity contribution in [3.05, 3.63) is 95.8 Å². The highest BCUT2D eigenvalue weighted by atomic mass is 19.1. The van der Waals surface area contributed by atoms with E-state index >= 15 is 0 Å². The van der Waals surface area contributed by atoms with E-state index in [1.807, 2.05) is 18.2 Å². The Bertz CT molecular complexity index is 1010. The average molecular weight is 407 g/mol. The van der Waals surface area contributed by atoms with Gasteiger partial charge in [0, 0.05) is 0 Å². The normalized spacial score (nSPS) is 12.5. The molecule has 30 heavy (non-hydrogen) atoms. The van der Waals surface area contributed by atoms with Crippen LogP contribution in [-0.4, -0.2) is 18.0 Å². The highest BCUT2D eigenvalue weighted by Crippen LogP contribution is 2.26. The van der Waals surface area contributed by atoms with Crippen LogP contribution in [0.1, 0.15) is 35.8 Å². The summed E-state index contributed by atoms with van der Waals surface area (Å²) in [6, 6.07) is 21.2. The molecule has 0 saturated carbocycles. The van der Waals surface area contributed by atoms with Gasteiger partial charge in [0.15, 0.2) is 6.10 Å². The number of halogens is 1. The first kappa shape index (κ1) is 21.0. The summed E-state index contributed by atoms with van der Waals surface area (Å²) in [6.07, 6.45) is -1.02. The topological polar surface area (TPSA) is 64.6 Å². The number of nitrogens with one attached hydrogen (secondary N) is 1. The third kappa shape index (κ3) is 5.44. The fraction of sp³-hybridized carbons (Fsp3) is 0.167. The Kier molecular flexibility index (Phi) is 6.80. The molecular formula is C24H22FNO4. The fourth-order valence-corrected chi connectivity index (χ4v) is 2.78. The van der Waals surface area contributed by atoms with Crippen molar-refractivity contribution in [2.45, 2.75) is 26.0 Å². The van der Waals surface area contributed by atoms with E-state index < -0.39 is 18.0 Å². The van der Waals surface area contributed by atoms with Gasteiger partial charge in [-0.05, 0) is 55.8 Å². The zero-order valence-electron chi connectivity index (χ0n) is 16.7. The van der Waals surface area contributed by atoms with Gasteiger partial charge in [-0.1, -0.05) is 42.5 Å². The molecule has 0 unspecified atom stereocenters. The van der Waals surface area contributed by atoms with Crippen LogP contribution in [0.15, 0.2) is 78.9 Å². The van der Waals surface area contributed by atoms with Gasteiger partial charge in [0.05, 0.1) is 6.04 Å². The first-order chi connectivity index (χ1) is 14.4. The summed E-state index contributed by atoms with van der Waals surface area (Å²) < 4.78 is 24.2. The largest absolute Gasteiger partial charge is 0.456 e. The van der Waals surface area contributed by atoms with Crippen LogP contribution in [0.4, 0.5) is 4.39 Å². The zero-order chi connectivity index (χ0) is 21.5. The molecule has 3 aromatic rings. The Morgan fingerprint density at radius 2 is 1.50 bits per heavy atom. The van der Waals surface area contributed by atoms with E-state index in [-0.39, 0.29) is 17.4 Å². The number of hydrogen-bond acceptors (Lipinski definition) is 4. The Morgan fingerprint density at radius 3 is 2.20 bits per heavy atom. The highest BCUT2D eigenvalue weighted by molar-refractivity contribution is 5.94. The zero-order valence-corrected chi connectivity index (χ0v) is 16.7. The maximum atomic E-state index is 13.1. The molecule has 0 aromatic heterocycles. The number of benzene rings is 3. The van der Waals surface area contributed by atoms with Crippen LogP contribution in [0.25, 0.3) is 0 Å². The Hall–Kier alpha value is -3.67. The lowest BCUT2D eigenvalue weighted by atomic mass is 10.1. The average Bonchev–Trinajstić information content (AvgIpc) is 2.75. The number of rotatable bonds is 7. The van der Waals surface area contributed by atoms with Gasteiger partial charge < -0.3 is 14.8 Å². The van der Waals surface area contributed by atoms with E-state index in [9.17, 15) is 14.0 Å². The predicted octanol–water partition coefficient (Wildman–Crippen LogP) is 5.04. The van der Waals surface area contributed by atoms with Crippen molar-refractivity contribution in [2.75, 3.05) is 0 Å². The molecule has 0 aliphatic rings. The van der Waals surface area contributed by atoms with E-state index in [1.54, 1.807) is 55.5 Å².